The minimum atomic E-state index is -0.745. The van der Waals surface area contributed by atoms with Crippen molar-refractivity contribution >= 4 is 52.9 Å². The van der Waals surface area contributed by atoms with Gasteiger partial charge in [-0.05, 0) is 75.5 Å². The number of ketones is 2. The second-order valence-electron chi connectivity index (χ2n) is 16.9. The summed E-state index contributed by atoms with van der Waals surface area (Å²) in [6.45, 7) is 4.48. The van der Waals surface area contributed by atoms with E-state index in [1.807, 2.05) is 12.1 Å². The number of imidazole rings is 1. The first-order valence-electron chi connectivity index (χ1n) is 24.3. The average Bonchev–Trinajstić information content (AvgIpc) is 3.80. The number of unbranched alkanes of at least 4 members (excludes halogenated alkanes) is 7. The Hall–Kier alpha value is -5.16. The van der Waals surface area contributed by atoms with E-state index in [2.05, 4.69) is 31.3 Å². The molecule has 0 aliphatic carbocycles. The van der Waals surface area contributed by atoms with Crippen LogP contribution in [0.1, 0.15) is 141 Å². The number of amides is 7. The number of nitrogens with one attached hydrogen (secondary N) is 5. The summed E-state index contributed by atoms with van der Waals surface area (Å²) >= 11 is 0. The van der Waals surface area contributed by atoms with Crippen molar-refractivity contribution < 1.29 is 102 Å². The van der Waals surface area contributed by atoms with Gasteiger partial charge in [0.1, 0.15) is 29.5 Å². The predicted molar refractivity (Wildman–Crippen MR) is 258 cm³/mol. The molecule has 2 rings (SSSR count). The van der Waals surface area contributed by atoms with Crippen molar-refractivity contribution in [2.75, 3.05) is 45.8 Å². The number of carbonyl (C=O) groups is 9. The minimum absolute atomic E-state index is 0. The third-order valence-corrected chi connectivity index (χ3v) is 10.7. The number of hydrogen-bond acceptors (Lipinski definition) is 13. The standard InChI is InChI=1S/C37H60N6O10.C10H17N6O2.Fe.Pt/c1-30(44)41(51)27-9-3-2-6-12-32(45)16-19-36(49)42(52)28-10-5-8-24-40-35(48)18-20-37(50)43(53)29-11-4-7-23-39-34(47)17-15-33(46)14-13-31-21-25-38-26-22-31;1-7(17)15-9(10(12)18)4-8-5-16(6-13-8)14-3-2-11;;/h21-22,25-26,51-53H,2-20,23-24,27-29H2,1H3,(H,39,47)(H,40,48);5-6,9,11,13H,2-4H2,1H3,(H2,12,18)(H,15,17);;/q;-1;;+2/t;9-;;/m.0../s1. The van der Waals surface area contributed by atoms with Crippen molar-refractivity contribution in [3.05, 3.63) is 59.5 Å². The number of nitrogens with two attached hydrogens (primary N) is 1. The van der Waals surface area contributed by atoms with Gasteiger partial charge >= 0.3 is 21.1 Å². The first-order chi connectivity index (χ1) is 33.9. The molecular weight excluding hydrogens is 1180 g/mol. The maximum Gasteiger partial charge on any atom is 2.00 e. The van der Waals surface area contributed by atoms with Gasteiger partial charge in [0.15, 0.2) is 0 Å². The normalized spacial score (nSPS) is 10.7. The summed E-state index contributed by atoms with van der Waals surface area (Å²) in [4.78, 5) is 112. The molecule has 0 saturated heterocycles. The van der Waals surface area contributed by atoms with E-state index in [0.29, 0.717) is 105 Å². The summed E-state index contributed by atoms with van der Waals surface area (Å²) in [7, 11) is 0. The van der Waals surface area contributed by atoms with Gasteiger partial charge in [-0.25, -0.2) is 20.2 Å². The smallest absolute Gasteiger partial charge is 0.679 e. The predicted octanol–water partition coefficient (Wildman–Crippen LogP) is 2.71. The van der Waals surface area contributed by atoms with Gasteiger partial charge in [-0.1, -0.05) is 12.8 Å². The van der Waals surface area contributed by atoms with E-state index in [-0.39, 0.29) is 139 Å². The van der Waals surface area contributed by atoms with Crippen molar-refractivity contribution in [1.29, 1.82) is 0 Å². The number of pyridine rings is 1. The van der Waals surface area contributed by atoms with Crippen LogP contribution in [0.25, 0.3) is 11.2 Å². The maximum atomic E-state index is 12.2. The number of aromatic amines is 1. The third-order valence-electron chi connectivity index (χ3n) is 10.7. The fourth-order valence-corrected chi connectivity index (χ4v) is 6.59. The minimum Gasteiger partial charge on any atom is -0.679 e. The number of hydroxylamine groups is 6. The van der Waals surface area contributed by atoms with Crippen LogP contribution in [0.15, 0.2) is 37.1 Å². The van der Waals surface area contributed by atoms with Crippen molar-refractivity contribution in [1.82, 2.24) is 41.1 Å². The molecule has 2 aromatic rings. The summed E-state index contributed by atoms with van der Waals surface area (Å²) < 4.78 is 1.54. The molecule has 2 heterocycles. The van der Waals surface area contributed by atoms with Crippen LogP contribution in [0.5, 0.6) is 0 Å². The Bertz CT molecular complexity index is 1930. The molecule has 0 fully saturated rings. The molecule has 0 unspecified atom stereocenters. The van der Waals surface area contributed by atoms with E-state index in [9.17, 15) is 58.8 Å². The molecule has 0 bridgehead atoms. The molecular formula is C47H77FeN12O12Pt+. The quantitative estimate of drug-likeness (QED) is 0.0158. The van der Waals surface area contributed by atoms with Gasteiger partial charge in [0, 0.05) is 134 Å². The Labute approximate surface area is 452 Å². The number of hydrogen-bond donors (Lipinski definition) is 8. The number of aryl methyl sites for hydroxylation is 1. The SMILES string of the molecule is CC(=O)N(O)CCCCCCC(=O)CCC(=O)N(O)CCCCCNC(=O)CCC(=O)N(O)CCCCCNC(=O)CCC(=O)CCc1ccncc1.CC(=O)N[C@@H](Cc1c[n+]([N-]CC[NH-])c[nH]1)C(N)=O.[Fe].[Pt+2]. The van der Waals surface area contributed by atoms with Crippen LogP contribution >= 0.6 is 0 Å². The van der Waals surface area contributed by atoms with Crippen molar-refractivity contribution in [2.45, 2.75) is 148 Å². The van der Waals surface area contributed by atoms with Crippen molar-refractivity contribution in [3.8, 4) is 0 Å². The number of carbonyl (C=O) groups excluding carboxylic acids is 9. The molecule has 1 atom stereocenters. The van der Waals surface area contributed by atoms with Crippen LogP contribution in [0.3, 0.4) is 0 Å². The number of aromatic nitrogens is 3. The fourth-order valence-electron chi connectivity index (χ4n) is 6.59. The average molecular weight is 1250 g/mol. The number of nitrogens with zero attached hydrogens (tertiary/aromatic N) is 6. The van der Waals surface area contributed by atoms with Gasteiger partial charge in [0.25, 0.3) is 0 Å². The first kappa shape index (κ1) is 69.9. The summed E-state index contributed by atoms with van der Waals surface area (Å²) in [6, 6.07) is 2.97. The second kappa shape index (κ2) is 43.3. The molecule has 24 nitrogen and oxygen atoms in total. The van der Waals surface area contributed by atoms with Crippen LogP contribution < -0.4 is 26.4 Å². The number of Topliss-reactive ketones (excluding diaryl/α,β-unsaturated/α-hetero) is 2. The Balaban J connectivity index is 0. The molecule has 26 heteroatoms. The number of primary amides is 1. The van der Waals surface area contributed by atoms with Gasteiger partial charge in [0.05, 0.1) is 0 Å². The van der Waals surface area contributed by atoms with Gasteiger partial charge < -0.3 is 32.8 Å². The molecule has 0 aromatic carbocycles. The van der Waals surface area contributed by atoms with E-state index in [4.69, 9.17) is 11.5 Å². The topological polar surface area (TPSA) is 357 Å². The van der Waals surface area contributed by atoms with Crippen LogP contribution in [0, 0.1) is 0 Å². The van der Waals surface area contributed by atoms with Gasteiger partial charge in [-0.15, -0.1) is 6.54 Å². The molecule has 414 valence electrons. The fraction of sp³-hybridized carbons (Fsp3) is 0.638. The zero-order chi connectivity index (χ0) is 52.8. The molecule has 7 amide bonds. The molecule has 0 radical (unpaired) electrons. The van der Waals surface area contributed by atoms with E-state index in [0.717, 1.165) is 24.1 Å². The molecule has 0 aliphatic rings. The van der Waals surface area contributed by atoms with Crippen molar-refractivity contribution in [3.63, 3.8) is 0 Å². The van der Waals surface area contributed by atoms with Crippen LogP contribution in [-0.2, 0) is 94.1 Å². The molecule has 10 N–H and O–H groups in total. The second-order valence-corrected chi connectivity index (χ2v) is 16.9. The Morgan fingerprint density at radius 3 is 1.73 bits per heavy atom. The van der Waals surface area contributed by atoms with Crippen LogP contribution in [0.2, 0.25) is 0 Å². The van der Waals surface area contributed by atoms with E-state index in [1.54, 1.807) is 24.9 Å². The largest absolute Gasteiger partial charge is 2.00 e. The molecule has 2 aromatic heterocycles. The Morgan fingerprint density at radius 1 is 0.699 bits per heavy atom. The molecule has 0 aliphatic heterocycles. The Kier molecular flexibility index (Phi) is 41.4. The molecule has 73 heavy (non-hydrogen) atoms. The van der Waals surface area contributed by atoms with Crippen molar-refractivity contribution in [2.24, 2.45) is 5.73 Å². The number of rotatable bonds is 38. The first-order valence-corrected chi connectivity index (χ1v) is 24.3. The Morgan fingerprint density at radius 2 is 1.19 bits per heavy atom. The summed E-state index contributed by atoms with van der Waals surface area (Å²) in [5.74, 6) is -2.94. The van der Waals surface area contributed by atoms with E-state index >= 15 is 0 Å². The zero-order valence-corrected chi connectivity index (χ0v) is 45.5. The summed E-state index contributed by atoms with van der Waals surface area (Å²) in [5, 5.41) is 39.1. The molecule has 0 saturated carbocycles. The van der Waals surface area contributed by atoms with E-state index < -0.39 is 29.7 Å². The summed E-state index contributed by atoms with van der Waals surface area (Å²) in [5.41, 5.74) is 18.0. The van der Waals surface area contributed by atoms with Crippen LogP contribution in [0.4, 0.5) is 0 Å². The number of H-pyrrole nitrogens is 1. The van der Waals surface area contributed by atoms with E-state index in [1.165, 1.54) is 18.5 Å². The van der Waals surface area contributed by atoms with Gasteiger partial charge in [-0.3, -0.25) is 68.4 Å². The molecule has 0 spiro atoms. The van der Waals surface area contributed by atoms with Crippen LogP contribution in [-0.4, -0.2) is 146 Å². The zero-order valence-electron chi connectivity index (χ0n) is 42.1. The van der Waals surface area contributed by atoms with Gasteiger partial charge in [-0.2, -0.15) is 6.54 Å². The van der Waals surface area contributed by atoms with Gasteiger partial charge in [0.2, 0.25) is 47.7 Å². The summed E-state index contributed by atoms with van der Waals surface area (Å²) in [6.07, 6.45) is 14.7. The maximum absolute atomic E-state index is 12.2. The third kappa shape index (κ3) is 37.3. The monoisotopic (exact) mass is 1250 g/mol.